The van der Waals surface area contributed by atoms with Crippen LogP contribution in [-0.2, 0) is 13.2 Å². The van der Waals surface area contributed by atoms with Gasteiger partial charge in [0.15, 0.2) is 0 Å². The van der Waals surface area contributed by atoms with E-state index in [2.05, 4.69) is 24.4 Å². The fraction of sp³-hybridized carbons (Fsp3) is 0.182. The van der Waals surface area contributed by atoms with E-state index in [0.717, 1.165) is 16.9 Å². The second-order valence-electron chi connectivity index (χ2n) is 6.25. The van der Waals surface area contributed by atoms with Crippen LogP contribution < -0.4 is 10.1 Å². The van der Waals surface area contributed by atoms with Gasteiger partial charge in [0, 0.05) is 38.8 Å². The van der Waals surface area contributed by atoms with Crippen molar-refractivity contribution in [3.8, 4) is 5.75 Å². The van der Waals surface area contributed by atoms with E-state index in [4.69, 9.17) is 39.5 Å². The second kappa shape index (κ2) is 9.48. The van der Waals surface area contributed by atoms with Crippen LogP contribution in [0.2, 0.25) is 15.1 Å². The van der Waals surface area contributed by atoms with E-state index in [-0.39, 0.29) is 6.04 Å². The lowest BCUT2D eigenvalue weighted by Gasteiger charge is -2.17. The molecule has 0 heterocycles. The third-order valence-electron chi connectivity index (χ3n) is 4.35. The highest BCUT2D eigenvalue weighted by molar-refractivity contribution is 6.36. The van der Waals surface area contributed by atoms with E-state index in [9.17, 15) is 0 Å². The van der Waals surface area contributed by atoms with E-state index >= 15 is 0 Å². The molecule has 3 aromatic rings. The van der Waals surface area contributed by atoms with Gasteiger partial charge in [-0.1, -0.05) is 71.2 Å². The zero-order valence-corrected chi connectivity index (χ0v) is 17.2. The van der Waals surface area contributed by atoms with Crippen LogP contribution in [0.3, 0.4) is 0 Å². The van der Waals surface area contributed by atoms with Gasteiger partial charge in [-0.3, -0.25) is 0 Å². The Morgan fingerprint density at radius 2 is 1.59 bits per heavy atom. The Hall–Kier alpha value is -1.71. The maximum atomic E-state index is 6.23. The molecule has 140 valence electrons. The van der Waals surface area contributed by atoms with Gasteiger partial charge in [-0.05, 0) is 42.8 Å². The lowest BCUT2D eigenvalue weighted by molar-refractivity contribution is 0.302. The van der Waals surface area contributed by atoms with Gasteiger partial charge in [-0.25, -0.2) is 0 Å². The monoisotopic (exact) mass is 419 g/mol. The van der Waals surface area contributed by atoms with Crippen molar-refractivity contribution in [1.82, 2.24) is 5.32 Å². The van der Waals surface area contributed by atoms with Gasteiger partial charge in [-0.15, -0.1) is 0 Å². The van der Waals surface area contributed by atoms with E-state index in [1.54, 1.807) is 12.1 Å². The number of nitrogens with one attached hydrogen (secondary N) is 1. The first-order valence-corrected chi connectivity index (χ1v) is 9.80. The molecule has 1 N–H and O–H groups in total. The molecule has 0 spiro atoms. The largest absolute Gasteiger partial charge is 0.488 e. The summed E-state index contributed by atoms with van der Waals surface area (Å²) in [5, 5.41) is 5.36. The molecule has 0 aliphatic rings. The lowest BCUT2D eigenvalue weighted by Crippen LogP contribution is -2.18. The number of halogens is 3. The molecule has 2 nitrogen and oxygen atoms in total. The third-order valence-corrected chi connectivity index (χ3v) is 5.30. The first-order chi connectivity index (χ1) is 13.0. The molecule has 27 heavy (non-hydrogen) atoms. The van der Waals surface area contributed by atoms with Gasteiger partial charge in [-0.2, -0.15) is 0 Å². The minimum Gasteiger partial charge on any atom is -0.488 e. The molecule has 5 heteroatoms. The van der Waals surface area contributed by atoms with Crippen LogP contribution in [0.1, 0.15) is 29.7 Å². The van der Waals surface area contributed by atoms with Crippen molar-refractivity contribution in [3.63, 3.8) is 0 Å². The highest BCUT2D eigenvalue weighted by atomic mass is 35.5. The van der Waals surface area contributed by atoms with Crippen molar-refractivity contribution >= 4 is 34.8 Å². The molecule has 0 saturated heterocycles. The summed E-state index contributed by atoms with van der Waals surface area (Å²) < 4.78 is 6.01. The number of ether oxygens (including phenoxy) is 1. The number of benzene rings is 3. The van der Waals surface area contributed by atoms with Gasteiger partial charge in [0.1, 0.15) is 12.4 Å². The summed E-state index contributed by atoms with van der Waals surface area (Å²) in [4.78, 5) is 0. The quantitative estimate of drug-likeness (QED) is 0.441. The number of hydrogen-bond acceptors (Lipinski definition) is 2. The minimum absolute atomic E-state index is 0.205. The highest BCUT2D eigenvalue weighted by Crippen LogP contribution is 2.28. The van der Waals surface area contributed by atoms with E-state index < -0.39 is 0 Å². The van der Waals surface area contributed by atoms with Gasteiger partial charge >= 0.3 is 0 Å². The summed E-state index contributed by atoms with van der Waals surface area (Å²) in [6, 6.07) is 21.5. The number of hydrogen-bond donors (Lipinski definition) is 1. The van der Waals surface area contributed by atoms with Crippen molar-refractivity contribution in [2.75, 3.05) is 0 Å². The average molecular weight is 421 g/mol. The first kappa shape index (κ1) is 20.0. The lowest BCUT2D eigenvalue weighted by atomic mass is 10.1. The summed E-state index contributed by atoms with van der Waals surface area (Å²) in [6.45, 7) is 3.05. The Bertz CT molecular complexity index is 879. The molecule has 0 amide bonds. The van der Waals surface area contributed by atoms with Gasteiger partial charge in [0.05, 0.1) is 0 Å². The SMILES string of the molecule is C[C@H](NCc1cc(Cl)ccc1OCc1c(Cl)cccc1Cl)c1ccccc1. The zero-order valence-electron chi connectivity index (χ0n) is 14.9. The van der Waals surface area contributed by atoms with E-state index in [1.807, 2.05) is 42.5 Å². The Morgan fingerprint density at radius 1 is 0.889 bits per heavy atom. The molecule has 3 rings (SSSR count). The maximum Gasteiger partial charge on any atom is 0.124 e. The standard InChI is InChI=1S/C22H20Cl3NO/c1-15(16-6-3-2-4-7-16)26-13-17-12-18(23)10-11-22(17)27-14-19-20(24)8-5-9-21(19)25/h2-12,15,26H,13-14H2,1H3/t15-/m0/s1. The summed E-state index contributed by atoms with van der Waals surface area (Å²) in [7, 11) is 0. The van der Waals surface area contributed by atoms with Crippen LogP contribution in [0.5, 0.6) is 5.75 Å². The topological polar surface area (TPSA) is 21.3 Å². The Balaban J connectivity index is 1.71. The van der Waals surface area contributed by atoms with Gasteiger partial charge < -0.3 is 10.1 Å². The van der Waals surface area contributed by atoms with Crippen LogP contribution >= 0.6 is 34.8 Å². The third kappa shape index (κ3) is 5.40. The first-order valence-electron chi connectivity index (χ1n) is 8.67. The van der Waals surface area contributed by atoms with Gasteiger partial charge in [0.2, 0.25) is 0 Å². The predicted octanol–water partition coefficient (Wildman–Crippen LogP) is 7.08. The highest BCUT2D eigenvalue weighted by Gasteiger charge is 2.11. The molecule has 0 aliphatic heterocycles. The zero-order chi connectivity index (χ0) is 19.2. The maximum absolute atomic E-state index is 6.23. The van der Waals surface area contributed by atoms with Crippen molar-refractivity contribution in [2.24, 2.45) is 0 Å². The van der Waals surface area contributed by atoms with E-state index in [0.29, 0.717) is 28.2 Å². The van der Waals surface area contributed by atoms with Crippen LogP contribution in [0.15, 0.2) is 66.7 Å². The summed E-state index contributed by atoms with van der Waals surface area (Å²) >= 11 is 18.7. The smallest absolute Gasteiger partial charge is 0.124 e. The second-order valence-corrected chi connectivity index (χ2v) is 7.51. The predicted molar refractivity (Wildman–Crippen MR) is 114 cm³/mol. The van der Waals surface area contributed by atoms with E-state index in [1.165, 1.54) is 5.56 Å². The van der Waals surface area contributed by atoms with Crippen LogP contribution in [0, 0.1) is 0 Å². The molecule has 0 aliphatic carbocycles. The van der Waals surface area contributed by atoms with Crippen LogP contribution in [0.4, 0.5) is 0 Å². The molecular weight excluding hydrogens is 401 g/mol. The molecule has 0 bridgehead atoms. The number of rotatable bonds is 7. The van der Waals surface area contributed by atoms with Gasteiger partial charge in [0.25, 0.3) is 0 Å². The fourth-order valence-corrected chi connectivity index (χ4v) is 3.47. The fourth-order valence-electron chi connectivity index (χ4n) is 2.77. The van der Waals surface area contributed by atoms with Crippen LogP contribution in [0.25, 0.3) is 0 Å². The van der Waals surface area contributed by atoms with Crippen molar-refractivity contribution in [2.45, 2.75) is 26.1 Å². The van der Waals surface area contributed by atoms with Crippen molar-refractivity contribution < 1.29 is 4.74 Å². The van der Waals surface area contributed by atoms with Crippen LogP contribution in [-0.4, -0.2) is 0 Å². The molecule has 0 saturated carbocycles. The summed E-state index contributed by atoms with van der Waals surface area (Å²) in [5.74, 6) is 0.753. The molecular formula is C22H20Cl3NO. The summed E-state index contributed by atoms with van der Waals surface area (Å²) in [5.41, 5.74) is 2.98. The van der Waals surface area contributed by atoms with Crippen molar-refractivity contribution in [1.29, 1.82) is 0 Å². The average Bonchev–Trinajstić information content (AvgIpc) is 2.67. The normalized spacial score (nSPS) is 12.0. The Kier molecular flexibility index (Phi) is 7.03. The Morgan fingerprint density at radius 3 is 2.30 bits per heavy atom. The summed E-state index contributed by atoms with van der Waals surface area (Å²) in [6.07, 6.45) is 0. The molecule has 0 fully saturated rings. The molecule has 0 aromatic heterocycles. The molecule has 1 atom stereocenters. The molecule has 0 radical (unpaired) electrons. The molecule has 0 unspecified atom stereocenters. The van der Waals surface area contributed by atoms with Crippen molar-refractivity contribution in [3.05, 3.63) is 98.5 Å². The molecule has 3 aromatic carbocycles. The minimum atomic E-state index is 0.205. The Labute approximate surface area is 175 Å².